The summed E-state index contributed by atoms with van der Waals surface area (Å²) < 4.78 is 5.29. The van der Waals surface area contributed by atoms with E-state index in [1.54, 1.807) is 6.08 Å². The summed E-state index contributed by atoms with van der Waals surface area (Å²) in [6.07, 6.45) is 21.2. The molecule has 0 aromatic heterocycles. The molecule has 0 spiro atoms. The molecule has 0 heterocycles. The molecule has 0 bridgehead atoms. The van der Waals surface area contributed by atoms with Crippen LogP contribution in [-0.4, -0.2) is 60.0 Å². The molecule has 0 rings (SSSR count). The number of carboxylic acids is 1. The third kappa shape index (κ3) is 23.6. The van der Waals surface area contributed by atoms with Crippen molar-refractivity contribution in [2.24, 2.45) is 0 Å². The van der Waals surface area contributed by atoms with Gasteiger partial charge in [-0.15, -0.1) is 6.58 Å². The Kier molecular flexibility index (Phi) is 23.0. The highest BCUT2D eigenvalue weighted by Gasteiger charge is 2.13. The molecule has 0 aliphatic rings. The number of aliphatic hydroxyl groups is 1. The molecule has 0 aliphatic carbocycles. The van der Waals surface area contributed by atoms with Gasteiger partial charge in [-0.2, -0.15) is 0 Å². The average Bonchev–Trinajstić information content (AvgIpc) is 2.74. The van der Waals surface area contributed by atoms with Crippen molar-refractivity contribution in [1.29, 1.82) is 0 Å². The second-order valence-electron chi connectivity index (χ2n) is 8.87. The molecule has 1 atom stereocenters. The Bertz CT molecular complexity index is 403. The number of carbonyl (C=O) groups is 1. The monoisotopic (exact) mass is 441 g/mol. The van der Waals surface area contributed by atoms with E-state index in [9.17, 15) is 9.90 Å². The molecule has 0 radical (unpaired) electrons. The van der Waals surface area contributed by atoms with Crippen LogP contribution in [0.25, 0.3) is 0 Å². The van der Waals surface area contributed by atoms with Gasteiger partial charge in [-0.05, 0) is 13.0 Å². The molecule has 184 valence electrons. The molecule has 5 nitrogen and oxygen atoms in total. The van der Waals surface area contributed by atoms with Gasteiger partial charge in [0.05, 0.1) is 25.7 Å². The fourth-order valence-corrected chi connectivity index (χ4v) is 3.89. The Morgan fingerprint density at radius 2 is 1.35 bits per heavy atom. The molecular formula is C26H51NO4. The van der Waals surface area contributed by atoms with E-state index in [4.69, 9.17) is 9.84 Å². The fourth-order valence-electron chi connectivity index (χ4n) is 3.89. The summed E-state index contributed by atoms with van der Waals surface area (Å²) in [7, 11) is 0. The van der Waals surface area contributed by atoms with E-state index in [2.05, 4.69) is 18.4 Å². The number of aliphatic hydroxyl groups excluding tert-OH is 1. The van der Waals surface area contributed by atoms with Crippen LogP contribution in [0, 0.1) is 0 Å². The summed E-state index contributed by atoms with van der Waals surface area (Å²) in [5.41, 5.74) is 0. The smallest absolute Gasteiger partial charge is 0.304 e. The number of nitrogens with zero attached hydrogens (tertiary/aromatic N) is 1. The first-order chi connectivity index (χ1) is 15.1. The van der Waals surface area contributed by atoms with Gasteiger partial charge in [-0.1, -0.05) is 103 Å². The van der Waals surface area contributed by atoms with Gasteiger partial charge in [0.25, 0.3) is 0 Å². The van der Waals surface area contributed by atoms with Gasteiger partial charge in [-0.3, -0.25) is 4.79 Å². The maximum Gasteiger partial charge on any atom is 0.304 e. The molecule has 0 aromatic rings. The van der Waals surface area contributed by atoms with E-state index >= 15 is 0 Å². The zero-order valence-electron chi connectivity index (χ0n) is 20.4. The molecule has 2 N–H and O–H groups in total. The number of hydrogen-bond donors (Lipinski definition) is 2. The third-order valence-electron chi connectivity index (χ3n) is 5.73. The normalized spacial score (nSPS) is 12.4. The molecule has 1 unspecified atom stereocenters. The Morgan fingerprint density at radius 1 is 0.871 bits per heavy atom. The predicted octanol–water partition coefficient (Wildman–Crippen LogP) is 6.20. The van der Waals surface area contributed by atoms with E-state index in [0.29, 0.717) is 19.7 Å². The quantitative estimate of drug-likeness (QED) is 0.130. The number of unbranched alkanes of at least 4 members (excludes halogenated alkanes) is 14. The minimum absolute atomic E-state index is 0.110. The van der Waals surface area contributed by atoms with Gasteiger partial charge in [-0.25, -0.2) is 0 Å². The number of hydrogen-bond acceptors (Lipinski definition) is 4. The highest BCUT2D eigenvalue weighted by Crippen LogP contribution is 2.13. The fraction of sp³-hybridized carbons (Fsp3) is 0.885. The summed E-state index contributed by atoms with van der Waals surface area (Å²) in [4.78, 5) is 12.9. The lowest BCUT2D eigenvalue weighted by atomic mass is 10.0. The van der Waals surface area contributed by atoms with Crippen molar-refractivity contribution in [2.45, 2.75) is 116 Å². The van der Waals surface area contributed by atoms with Gasteiger partial charge >= 0.3 is 5.97 Å². The first-order valence-electron chi connectivity index (χ1n) is 12.9. The summed E-state index contributed by atoms with van der Waals surface area (Å²) >= 11 is 0. The van der Waals surface area contributed by atoms with Crippen molar-refractivity contribution in [3.8, 4) is 0 Å². The number of rotatable bonds is 25. The average molecular weight is 442 g/mol. The number of aliphatic carboxylic acids is 1. The SMILES string of the molecule is C=CCOCC(O)CN(CCCCCCCCCCCCCCCCC)CCC(=O)O. The van der Waals surface area contributed by atoms with E-state index in [0.717, 1.165) is 13.0 Å². The van der Waals surface area contributed by atoms with Crippen molar-refractivity contribution in [3.05, 3.63) is 12.7 Å². The minimum atomic E-state index is -0.793. The third-order valence-corrected chi connectivity index (χ3v) is 5.73. The molecule has 0 fully saturated rings. The lowest BCUT2D eigenvalue weighted by Crippen LogP contribution is -2.37. The Labute approximate surface area is 192 Å². The summed E-state index contributed by atoms with van der Waals surface area (Å²) in [5, 5.41) is 19.0. The van der Waals surface area contributed by atoms with E-state index in [1.165, 1.54) is 89.9 Å². The van der Waals surface area contributed by atoms with Crippen molar-refractivity contribution in [2.75, 3.05) is 32.8 Å². The van der Waals surface area contributed by atoms with Crippen molar-refractivity contribution < 1.29 is 19.7 Å². The summed E-state index contributed by atoms with van der Waals surface area (Å²) in [6, 6.07) is 0. The van der Waals surface area contributed by atoms with Gasteiger partial charge < -0.3 is 19.8 Å². The lowest BCUT2D eigenvalue weighted by molar-refractivity contribution is -0.137. The van der Waals surface area contributed by atoms with Crippen LogP contribution >= 0.6 is 0 Å². The highest BCUT2D eigenvalue weighted by atomic mass is 16.5. The summed E-state index contributed by atoms with van der Waals surface area (Å²) in [5.74, 6) is -0.793. The molecule has 0 aliphatic heterocycles. The van der Waals surface area contributed by atoms with Crippen LogP contribution in [0.3, 0.4) is 0 Å². The molecule has 0 saturated heterocycles. The number of carboxylic acid groups (broad SMARTS) is 1. The summed E-state index contributed by atoms with van der Waals surface area (Å²) in [6.45, 7) is 8.32. The molecule has 0 aromatic carbocycles. The highest BCUT2D eigenvalue weighted by molar-refractivity contribution is 5.66. The van der Waals surface area contributed by atoms with Gasteiger partial charge in [0.2, 0.25) is 0 Å². The first kappa shape index (κ1) is 30.1. The van der Waals surface area contributed by atoms with Crippen molar-refractivity contribution in [1.82, 2.24) is 4.90 Å². The second kappa shape index (κ2) is 23.7. The zero-order chi connectivity index (χ0) is 23.0. The van der Waals surface area contributed by atoms with Crippen LogP contribution in [0.1, 0.15) is 110 Å². The van der Waals surface area contributed by atoms with Crippen molar-refractivity contribution in [3.63, 3.8) is 0 Å². The largest absolute Gasteiger partial charge is 0.481 e. The van der Waals surface area contributed by atoms with Gasteiger partial charge in [0.15, 0.2) is 0 Å². The lowest BCUT2D eigenvalue weighted by Gasteiger charge is -2.24. The Hall–Kier alpha value is -0.910. The first-order valence-corrected chi connectivity index (χ1v) is 12.9. The van der Waals surface area contributed by atoms with E-state index in [-0.39, 0.29) is 13.0 Å². The minimum Gasteiger partial charge on any atom is -0.481 e. The standard InChI is InChI=1S/C26H51NO4/c1-3-5-6-7-8-9-10-11-12-13-14-15-16-17-18-20-27(21-19-26(29)30)23-25(28)24-31-22-4-2/h4,25,28H,2-3,5-24H2,1H3,(H,29,30). The van der Waals surface area contributed by atoms with Crippen LogP contribution in [0.2, 0.25) is 0 Å². The van der Waals surface area contributed by atoms with Gasteiger partial charge in [0, 0.05) is 13.1 Å². The molecule has 5 heteroatoms. The zero-order valence-corrected chi connectivity index (χ0v) is 20.4. The van der Waals surface area contributed by atoms with Crippen LogP contribution in [0.4, 0.5) is 0 Å². The van der Waals surface area contributed by atoms with Crippen molar-refractivity contribution >= 4 is 5.97 Å². The van der Waals surface area contributed by atoms with Crippen LogP contribution in [-0.2, 0) is 9.53 Å². The Morgan fingerprint density at radius 3 is 1.81 bits per heavy atom. The van der Waals surface area contributed by atoms with Gasteiger partial charge in [0.1, 0.15) is 0 Å². The Balaban J connectivity index is 3.64. The molecular weight excluding hydrogens is 390 g/mol. The molecule has 0 amide bonds. The molecule has 31 heavy (non-hydrogen) atoms. The maximum atomic E-state index is 10.9. The second-order valence-corrected chi connectivity index (χ2v) is 8.87. The topological polar surface area (TPSA) is 70.0 Å². The van der Waals surface area contributed by atoms with Crippen LogP contribution in [0.15, 0.2) is 12.7 Å². The molecule has 0 saturated carbocycles. The van der Waals surface area contributed by atoms with Crippen LogP contribution in [0.5, 0.6) is 0 Å². The van der Waals surface area contributed by atoms with E-state index < -0.39 is 12.1 Å². The number of ether oxygens (including phenoxy) is 1. The van der Waals surface area contributed by atoms with Crippen LogP contribution < -0.4 is 0 Å². The van der Waals surface area contributed by atoms with E-state index in [1.807, 2.05) is 0 Å². The predicted molar refractivity (Wildman–Crippen MR) is 131 cm³/mol. The maximum absolute atomic E-state index is 10.9.